The van der Waals surface area contributed by atoms with Crippen molar-refractivity contribution in [1.29, 1.82) is 0 Å². The van der Waals surface area contributed by atoms with Gasteiger partial charge >= 0.3 is 5.97 Å². The van der Waals surface area contributed by atoms with Crippen molar-refractivity contribution < 1.29 is 14.2 Å². The number of quaternary nitrogens is 1. The molecule has 0 unspecified atom stereocenters. The summed E-state index contributed by atoms with van der Waals surface area (Å²) >= 11 is 0. The Balaban J connectivity index is 2.14. The molecule has 0 bridgehead atoms. The minimum absolute atomic E-state index is 0.334. The number of carbonyl (C=O) groups is 1. The molecule has 1 aliphatic rings. The zero-order valence-corrected chi connectivity index (χ0v) is 11.4. The molecule has 1 saturated heterocycles. The van der Waals surface area contributed by atoms with Crippen LogP contribution in [0.5, 0.6) is 0 Å². The largest absolute Gasteiger partial charge is 0.632 e. The van der Waals surface area contributed by atoms with E-state index in [2.05, 4.69) is 0 Å². The molecule has 0 N–H and O–H groups in total. The first-order chi connectivity index (χ1) is 9.15. The molecule has 0 aliphatic carbocycles. The fourth-order valence-electron chi connectivity index (χ4n) is 2.74. The predicted molar refractivity (Wildman–Crippen MR) is 72.9 cm³/mol. The Hall–Kier alpha value is -1.39. The van der Waals surface area contributed by atoms with Gasteiger partial charge in [-0.1, -0.05) is 30.3 Å². The number of likely N-dealkylation sites (tertiary alicyclic amines) is 1. The topological polar surface area (TPSA) is 49.4 Å². The van der Waals surface area contributed by atoms with Crippen LogP contribution >= 0.6 is 0 Å². The van der Waals surface area contributed by atoms with Crippen molar-refractivity contribution in [1.82, 2.24) is 0 Å². The highest BCUT2D eigenvalue weighted by Gasteiger charge is 2.38. The summed E-state index contributed by atoms with van der Waals surface area (Å²) in [6, 6.07) is 9.09. The summed E-state index contributed by atoms with van der Waals surface area (Å²) in [7, 11) is 0. The monoisotopic (exact) mass is 263 g/mol. The number of hydrogen-bond acceptors (Lipinski definition) is 3. The quantitative estimate of drug-likeness (QED) is 0.476. The molecule has 1 fully saturated rings. The zero-order chi connectivity index (χ0) is 13.7. The van der Waals surface area contributed by atoms with Gasteiger partial charge in [-0.2, -0.15) is 0 Å². The molecule has 1 aromatic rings. The zero-order valence-electron chi connectivity index (χ0n) is 11.4. The number of hydrogen-bond donors (Lipinski definition) is 0. The van der Waals surface area contributed by atoms with Crippen molar-refractivity contribution in [3.8, 4) is 0 Å². The Bertz CT molecular complexity index is 421. The third-order valence-corrected chi connectivity index (χ3v) is 3.68. The Labute approximate surface area is 114 Å². The van der Waals surface area contributed by atoms with Crippen LogP contribution in [0.2, 0.25) is 0 Å². The summed E-state index contributed by atoms with van der Waals surface area (Å²) in [6.45, 7) is 2.96. The van der Waals surface area contributed by atoms with Gasteiger partial charge in [0.1, 0.15) is 6.54 Å². The molecule has 0 amide bonds. The lowest BCUT2D eigenvalue weighted by Crippen LogP contribution is -2.56. The van der Waals surface area contributed by atoms with Gasteiger partial charge in [0, 0.05) is 12.0 Å². The van der Waals surface area contributed by atoms with E-state index in [0.717, 1.165) is 18.4 Å². The van der Waals surface area contributed by atoms with Crippen molar-refractivity contribution in [2.24, 2.45) is 0 Å². The van der Waals surface area contributed by atoms with Crippen LogP contribution < -0.4 is 0 Å². The summed E-state index contributed by atoms with van der Waals surface area (Å²) in [6.07, 6.45) is 2.45. The van der Waals surface area contributed by atoms with Crippen LogP contribution in [-0.2, 0) is 16.1 Å². The standard InChI is InChI=1S/C15H21NO3/c1-2-19-15(17)14-10-6-7-11-16(14,18)12-13-8-4-3-5-9-13/h3-5,8-9,14H,2,6-7,10-12H2,1H3/t14-,16+/m0/s1. The van der Waals surface area contributed by atoms with Crippen molar-refractivity contribution in [2.75, 3.05) is 13.2 Å². The number of ether oxygens (including phenoxy) is 1. The Morgan fingerprint density at radius 1 is 1.37 bits per heavy atom. The average Bonchev–Trinajstić information content (AvgIpc) is 2.40. The highest BCUT2D eigenvalue weighted by atomic mass is 16.6. The lowest BCUT2D eigenvalue weighted by Gasteiger charge is -2.50. The Kier molecular flexibility index (Phi) is 4.56. The minimum atomic E-state index is -0.561. The summed E-state index contributed by atoms with van der Waals surface area (Å²) in [5, 5.41) is 13.0. The molecular weight excluding hydrogens is 242 g/mol. The van der Waals surface area contributed by atoms with Gasteiger partial charge in [-0.05, 0) is 19.8 Å². The summed E-state index contributed by atoms with van der Waals surface area (Å²) in [4.78, 5) is 12.0. The number of piperidine rings is 1. The first kappa shape index (κ1) is 14.0. The van der Waals surface area contributed by atoms with Crippen LogP contribution in [0.25, 0.3) is 0 Å². The van der Waals surface area contributed by atoms with Crippen molar-refractivity contribution >= 4 is 5.97 Å². The second-order valence-electron chi connectivity index (χ2n) is 5.08. The molecule has 19 heavy (non-hydrogen) atoms. The van der Waals surface area contributed by atoms with Gasteiger partial charge in [0.2, 0.25) is 0 Å². The smallest absolute Gasteiger partial charge is 0.365 e. The maximum atomic E-state index is 13.0. The lowest BCUT2D eigenvalue weighted by atomic mass is 10.00. The highest BCUT2D eigenvalue weighted by molar-refractivity contribution is 5.74. The first-order valence-corrected chi connectivity index (χ1v) is 6.94. The number of nitrogens with zero attached hydrogens (tertiary/aromatic N) is 1. The van der Waals surface area contributed by atoms with Crippen molar-refractivity contribution in [2.45, 2.75) is 38.8 Å². The van der Waals surface area contributed by atoms with Crippen molar-refractivity contribution in [3.63, 3.8) is 0 Å². The number of esters is 1. The van der Waals surface area contributed by atoms with Crippen molar-refractivity contribution in [3.05, 3.63) is 41.1 Å². The summed E-state index contributed by atoms with van der Waals surface area (Å²) < 4.78 is 4.59. The molecule has 2 rings (SSSR count). The number of rotatable bonds is 4. The van der Waals surface area contributed by atoms with E-state index in [0.29, 0.717) is 26.1 Å². The van der Waals surface area contributed by atoms with E-state index in [1.807, 2.05) is 30.3 Å². The van der Waals surface area contributed by atoms with E-state index < -0.39 is 10.7 Å². The van der Waals surface area contributed by atoms with Gasteiger partial charge in [-0.15, -0.1) is 0 Å². The fraction of sp³-hybridized carbons (Fsp3) is 0.533. The van der Waals surface area contributed by atoms with Crippen LogP contribution in [0, 0.1) is 5.21 Å². The number of benzene rings is 1. The normalized spacial score (nSPS) is 26.9. The van der Waals surface area contributed by atoms with Gasteiger partial charge in [0.05, 0.1) is 13.2 Å². The molecule has 1 heterocycles. The molecule has 1 aliphatic heterocycles. The van der Waals surface area contributed by atoms with E-state index in [9.17, 15) is 10.0 Å². The third kappa shape index (κ3) is 3.33. The predicted octanol–water partition coefficient (Wildman–Crippen LogP) is 2.62. The van der Waals surface area contributed by atoms with Crippen LogP contribution in [-0.4, -0.2) is 29.8 Å². The van der Waals surface area contributed by atoms with Gasteiger partial charge in [-0.25, -0.2) is 4.79 Å². The van der Waals surface area contributed by atoms with E-state index in [4.69, 9.17) is 4.74 Å². The summed E-state index contributed by atoms with van der Waals surface area (Å²) in [5.74, 6) is -0.340. The molecule has 0 aromatic heterocycles. The maximum absolute atomic E-state index is 13.0. The lowest BCUT2D eigenvalue weighted by molar-refractivity contribution is -0.915. The van der Waals surface area contributed by atoms with Crippen LogP contribution in [0.4, 0.5) is 0 Å². The molecule has 0 radical (unpaired) electrons. The van der Waals surface area contributed by atoms with E-state index in [1.165, 1.54) is 0 Å². The molecule has 4 heteroatoms. The third-order valence-electron chi connectivity index (χ3n) is 3.68. The van der Waals surface area contributed by atoms with E-state index in [1.54, 1.807) is 6.92 Å². The fourth-order valence-corrected chi connectivity index (χ4v) is 2.74. The summed E-state index contributed by atoms with van der Waals surface area (Å²) in [5.41, 5.74) is 0.980. The molecular formula is C15H21NO3. The molecule has 1 aromatic carbocycles. The van der Waals surface area contributed by atoms with Gasteiger partial charge in [0.25, 0.3) is 0 Å². The SMILES string of the molecule is CCOC(=O)[C@@H]1CCCC[N@@+]1([O-])Cc1ccccc1. The molecule has 0 spiro atoms. The first-order valence-electron chi connectivity index (χ1n) is 6.94. The van der Waals surface area contributed by atoms with E-state index >= 15 is 0 Å². The van der Waals surface area contributed by atoms with Gasteiger partial charge in [0.15, 0.2) is 6.04 Å². The van der Waals surface area contributed by atoms with Crippen LogP contribution in [0.15, 0.2) is 30.3 Å². The Morgan fingerprint density at radius 2 is 2.11 bits per heavy atom. The molecule has 104 valence electrons. The molecule has 4 nitrogen and oxygen atoms in total. The van der Waals surface area contributed by atoms with Gasteiger partial charge in [-0.3, -0.25) is 0 Å². The number of hydroxylamine groups is 3. The van der Waals surface area contributed by atoms with E-state index in [-0.39, 0.29) is 5.97 Å². The number of carbonyl (C=O) groups excluding carboxylic acids is 1. The Morgan fingerprint density at radius 3 is 2.79 bits per heavy atom. The second kappa shape index (κ2) is 6.17. The molecule has 0 saturated carbocycles. The maximum Gasteiger partial charge on any atom is 0.365 e. The van der Waals surface area contributed by atoms with Gasteiger partial charge < -0.3 is 14.6 Å². The second-order valence-corrected chi connectivity index (χ2v) is 5.08. The minimum Gasteiger partial charge on any atom is -0.632 e. The molecule has 2 atom stereocenters. The highest BCUT2D eigenvalue weighted by Crippen LogP contribution is 2.28. The average molecular weight is 263 g/mol. The van der Waals surface area contributed by atoms with Crippen LogP contribution in [0.3, 0.4) is 0 Å². The van der Waals surface area contributed by atoms with Crippen LogP contribution in [0.1, 0.15) is 31.7 Å².